The van der Waals surface area contributed by atoms with Gasteiger partial charge in [0, 0.05) is 45.1 Å². The van der Waals surface area contributed by atoms with Crippen molar-refractivity contribution in [2.45, 2.75) is 195 Å². The van der Waals surface area contributed by atoms with E-state index in [0.29, 0.717) is 44.4 Å². The molecule has 11 heteroatoms. The van der Waals surface area contributed by atoms with Crippen LogP contribution in [-0.2, 0) is 42.7 Å². The minimum Gasteiger partial charge on any atom is -0.392 e. The van der Waals surface area contributed by atoms with Crippen LogP contribution in [0.1, 0.15) is 97.3 Å². The third-order valence-electron chi connectivity index (χ3n) is 14.2. The van der Waals surface area contributed by atoms with Gasteiger partial charge in [0.15, 0.2) is 5.79 Å². The van der Waals surface area contributed by atoms with E-state index in [2.05, 4.69) is 27.0 Å². The van der Waals surface area contributed by atoms with Gasteiger partial charge in [-0.1, -0.05) is 27.0 Å². The van der Waals surface area contributed by atoms with Crippen LogP contribution >= 0.6 is 0 Å². The summed E-state index contributed by atoms with van der Waals surface area (Å²) >= 11 is 0. The summed E-state index contributed by atoms with van der Waals surface area (Å²) in [5.41, 5.74) is 8.06. The van der Waals surface area contributed by atoms with Crippen molar-refractivity contribution >= 4 is 5.78 Å². The zero-order valence-electron chi connectivity index (χ0n) is 30.4. The summed E-state index contributed by atoms with van der Waals surface area (Å²) in [5.74, 6) is -0.222. The van der Waals surface area contributed by atoms with E-state index in [9.17, 15) is 9.90 Å². The predicted molar refractivity (Wildman–Crippen MR) is 185 cm³/mol. The van der Waals surface area contributed by atoms with Gasteiger partial charge in [-0.3, -0.25) is 4.79 Å². The molecule has 5 unspecified atom stereocenters. The summed E-state index contributed by atoms with van der Waals surface area (Å²) in [6.07, 6.45) is 6.43. The van der Waals surface area contributed by atoms with Crippen LogP contribution in [0.3, 0.4) is 0 Å². The van der Waals surface area contributed by atoms with Gasteiger partial charge in [-0.15, -0.1) is 0 Å². The highest BCUT2D eigenvalue weighted by molar-refractivity contribution is 5.79. The third-order valence-corrected chi connectivity index (χ3v) is 14.2. The van der Waals surface area contributed by atoms with Crippen molar-refractivity contribution in [3.8, 4) is 0 Å². The van der Waals surface area contributed by atoms with Gasteiger partial charge in [0.2, 0.25) is 0 Å². The Morgan fingerprint density at radius 1 is 0.765 bits per heavy atom. The van der Waals surface area contributed by atoms with Gasteiger partial charge in [0.1, 0.15) is 36.3 Å². The van der Waals surface area contributed by atoms with Crippen molar-refractivity contribution in [1.29, 1.82) is 0 Å². The average Bonchev–Trinajstić information content (AvgIpc) is 3.77. The largest absolute Gasteiger partial charge is 0.392 e. The second kappa shape index (κ2) is 13.8. The van der Waals surface area contributed by atoms with E-state index in [-0.39, 0.29) is 110 Å². The molecule has 3 N–H and O–H groups in total. The maximum absolute atomic E-state index is 14.0. The summed E-state index contributed by atoms with van der Waals surface area (Å²) in [5, 5.41) is 10.5. The molecule has 284 valence electrons. The SMILES string of the molecule is C=C1C[C@@H]2CC[C@@]34C[C@H]5O[C@H]6C(O3)[C@H]3OC(CC[C@@H]3O[C@H]6[C@H]5O4)CC(=O)CC3[C@H](CC4O[C@@H](CCC1O2)C[C@@H](C)C4=C)O[C@H](C[C@H](O)CN)[C@@H]3C. The lowest BCUT2D eigenvalue weighted by Crippen LogP contribution is -2.61. The molecule has 0 saturated carbocycles. The van der Waals surface area contributed by atoms with Gasteiger partial charge in [0.25, 0.3) is 0 Å². The van der Waals surface area contributed by atoms with Crippen molar-refractivity contribution < 1.29 is 47.8 Å². The molecule has 10 heterocycles. The number of carbonyl (C=O) groups is 1. The van der Waals surface area contributed by atoms with Crippen LogP contribution in [0.5, 0.6) is 0 Å². The number of fused-ring (bicyclic) bond motifs is 6. The Kier molecular flexibility index (Phi) is 9.59. The van der Waals surface area contributed by atoms with E-state index in [1.54, 1.807) is 0 Å². The monoisotopic (exact) mass is 713 g/mol. The first-order valence-electron chi connectivity index (χ1n) is 20.1. The number of carbonyl (C=O) groups excluding carboxylic acids is 1. The van der Waals surface area contributed by atoms with Gasteiger partial charge in [0.05, 0.1) is 61.0 Å². The Bertz CT molecular complexity index is 1360. The molecule has 12 bridgehead atoms. The Morgan fingerprint density at radius 3 is 2.35 bits per heavy atom. The van der Waals surface area contributed by atoms with Gasteiger partial charge >= 0.3 is 0 Å². The van der Waals surface area contributed by atoms with Crippen molar-refractivity contribution in [2.24, 2.45) is 23.5 Å². The first-order chi connectivity index (χ1) is 24.6. The molecule has 10 fully saturated rings. The van der Waals surface area contributed by atoms with Gasteiger partial charge in [-0.05, 0) is 73.8 Å². The first kappa shape index (κ1) is 35.5. The first-order valence-corrected chi connectivity index (χ1v) is 20.1. The maximum atomic E-state index is 14.0. The Balaban J connectivity index is 0.986. The van der Waals surface area contributed by atoms with E-state index in [0.717, 1.165) is 56.1 Å². The highest BCUT2D eigenvalue weighted by Gasteiger charge is 2.68. The van der Waals surface area contributed by atoms with Gasteiger partial charge in [-0.2, -0.15) is 0 Å². The smallest absolute Gasteiger partial charge is 0.172 e. The second-order valence-electron chi connectivity index (χ2n) is 17.6. The summed E-state index contributed by atoms with van der Waals surface area (Å²) < 4.78 is 54.0. The molecule has 0 aromatic rings. The number of aliphatic hydroxyl groups is 1. The average molecular weight is 714 g/mol. The zero-order chi connectivity index (χ0) is 35.2. The van der Waals surface area contributed by atoms with Crippen LogP contribution < -0.4 is 5.73 Å². The minimum atomic E-state index is -0.765. The van der Waals surface area contributed by atoms with Crippen molar-refractivity contribution in [3.05, 3.63) is 24.3 Å². The van der Waals surface area contributed by atoms with E-state index in [4.69, 9.17) is 43.6 Å². The molecule has 0 radical (unpaired) electrons. The quantitative estimate of drug-likeness (QED) is 0.410. The lowest BCUT2D eigenvalue weighted by atomic mass is 9.78. The summed E-state index contributed by atoms with van der Waals surface area (Å²) in [4.78, 5) is 14.0. The van der Waals surface area contributed by atoms with Gasteiger partial charge in [-0.25, -0.2) is 0 Å². The topological polar surface area (TPSA) is 137 Å². The fourth-order valence-corrected chi connectivity index (χ4v) is 11.3. The molecule has 19 atom stereocenters. The van der Waals surface area contributed by atoms with Crippen LogP contribution in [0, 0.1) is 17.8 Å². The molecule has 51 heavy (non-hydrogen) atoms. The van der Waals surface area contributed by atoms with E-state index >= 15 is 0 Å². The van der Waals surface area contributed by atoms with E-state index in [1.165, 1.54) is 0 Å². The fraction of sp³-hybridized carbons (Fsp3) is 0.875. The van der Waals surface area contributed by atoms with Crippen molar-refractivity contribution in [2.75, 3.05) is 6.54 Å². The number of hydrogen-bond acceptors (Lipinski definition) is 11. The molecular formula is C40H59NO10. The van der Waals surface area contributed by atoms with Crippen LogP contribution in [0.2, 0.25) is 0 Å². The number of ether oxygens (including phenoxy) is 8. The lowest BCUT2D eigenvalue weighted by Gasteiger charge is -2.47. The third kappa shape index (κ3) is 6.53. The predicted octanol–water partition coefficient (Wildman–Crippen LogP) is 4.06. The van der Waals surface area contributed by atoms with Gasteiger partial charge < -0.3 is 48.7 Å². The normalized spacial score (nSPS) is 53.2. The standard InChI is InChI=1S/C40H59NO10/c1-19-11-25-5-7-29-20(2)12-27(44-29)9-10-40-17-34-36(50-40)37-38(49-34)39(51-40)35-30(48-37)8-6-26(46-35)13-23(42)14-28-22(4)31(15-24(43)18-41)47-33(28)16-32(45-25)21(19)3/h19,22,24-39,43H,2-3,5-18,41H2,1,4H3/t19-,22-,24+,25+,26?,27+,28?,29?,30+,31-,32?,33+,34-,35+,36+,37+,38-,39?,40+/m1/s1. The van der Waals surface area contributed by atoms with Crippen LogP contribution in [0.4, 0.5) is 0 Å². The summed E-state index contributed by atoms with van der Waals surface area (Å²) in [6.45, 7) is 13.5. The Morgan fingerprint density at radius 2 is 1.51 bits per heavy atom. The Labute approximate surface area is 302 Å². The molecule has 11 nitrogen and oxygen atoms in total. The van der Waals surface area contributed by atoms with Crippen LogP contribution in [0.15, 0.2) is 24.3 Å². The highest BCUT2D eigenvalue weighted by atomic mass is 16.8. The van der Waals surface area contributed by atoms with Crippen LogP contribution in [-0.4, -0.2) is 115 Å². The molecule has 0 amide bonds. The number of Topliss-reactive ketones (excluding diaryl/α,β-unsaturated/α-hetero) is 1. The molecule has 10 rings (SSSR count). The zero-order valence-corrected chi connectivity index (χ0v) is 30.4. The van der Waals surface area contributed by atoms with E-state index in [1.807, 2.05) is 0 Å². The summed E-state index contributed by atoms with van der Waals surface area (Å²) in [6, 6.07) is 0. The second-order valence-corrected chi connectivity index (χ2v) is 17.6. The van der Waals surface area contributed by atoms with Crippen molar-refractivity contribution in [1.82, 2.24) is 0 Å². The number of rotatable bonds is 3. The number of hydrogen-bond donors (Lipinski definition) is 2. The summed E-state index contributed by atoms with van der Waals surface area (Å²) in [7, 11) is 0. The van der Waals surface area contributed by atoms with Crippen molar-refractivity contribution in [3.63, 3.8) is 0 Å². The molecule has 0 aliphatic carbocycles. The van der Waals surface area contributed by atoms with Crippen LogP contribution in [0.25, 0.3) is 0 Å². The molecule has 10 aliphatic heterocycles. The minimum absolute atomic E-state index is 0.00127. The molecule has 0 aromatic carbocycles. The maximum Gasteiger partial charge on any atom is 0.172 e. The lowest BCUT2D eigenvalue weighted by molar-refractivity contribution is -0.292. The number of nitrogens with two attached hydrogens (primary N) is 1. The number of ketones is 1. The molecule has 0 aromatic heterocycles. The fourth-order valence-electron chi connectivity index (χ4n) is 11.3. The highest BCUT2D eigenvalue weighted by Crippen LogP contribution is 2.54. The molecule has 1 spiro atoms. The number of aliphatic hydroxyl groups excluding tert-OH is 1. The Hall–Kier alpha value is -1.25. The molecular weight excluding hydrogens is 654 g/mol. The molecule has 10 aliphatic rings. The van der Waals surface area contributed by atoms with E-state index < -0.39 is 11.9 Å². The molecule has 10 saturated heterocycles.